The summed E-state index contributed by atoms with van der Waals surface area (Å²) in [6.07, 6.45) is 0. The van der Waals surface area contributed by atoms with Gasteiger partial charge < -0.3 is 4.57 Å². The summed E-state index contributed by atoms with van der Waals surface area (Å²) in [5.74, 6) is 0. The molecule has 0 aliphatic rings. The zero-order valence-electron chi connectivity index (χ0n) is 39.4. The summed E-state index contributed by atoms with van der Waals surface area (Å²) in [6.45, 7) is 13.9. The molecule has 0 aliphatic carbocycles. The second kappa shape index (κ2) is 15.0. The third kappa shape index (κ3) is 6.20. The number of hydrogen-bond acceptors (Lipinski definition) is 1. The highest BCUT2D eigenvalue weighted by molar-refractivity contribution is 7.25. The Bertz CT molecular complexity index is 4020. The second-order valence-electron chi connectivity index (χ2n) is 20.8. The third-order valence-corrected chi connectivity index (χ3v) is 15.8. The summed E-state index contributed by atoms with van der Waals surface area (Å²) in [6, 6.07) is 75.7. The molecule has 68 heavy (non-hydrogen) atoms. The van der Waals surface area contributed by atoms with Gasteiger partial charge in [0.1, 0.15) is 0 Å². The Hall–Kier alpha value is -7.52. The van der Waals surface area contributed by atoms with Crippen LogP contribution in [0.25, 0.3) is 124 Å². The Kier molecular flexibility index (Phi) is 8.98. The first kappa shape index (κ1) is 40.7. The zero-order chi connectivity index (χ0) is 46.1. The second-order valence-corrected chi connectivity index (χ2v) is 21.9. The first-order valence-corrected chi connectivity index (χ1v) is 24.8. The number of rotatable bonds is 4. The molecular formula is C66H51NS. The van der Waals surface area contributed by atoms with Crippen molar-refractivity contribution in [2.24, 2.45) is 0 Å². The maximum atomic E-state index is 2.56. The fourth-order valence-electron chi connectivity index (χ4n) is 11.3. The summed E-state index contributed by atoms with van der Waals surface area (Å²) in [5.41, 5.74) is 14.1. The molecule has 326 valence electrons. The number of fused-ring (bicyclic) bond motifs is 10. The molecule has 0 saturated carbocycles. The van der Waals surface area contributed by atoms with Gasteiger partial charge in [-0.1, -0.05) is 199 Å². The fourth-order valence-corrected chi connectivity index (χ4v) is 12.4. The van der Waals surface area contributed by atoms with Crippen LogP contribution in [-0.4, -0.2) is 4.57 Å². The highest BCUT2D eigenvalue weighted by Gasteiger charge is 2.25. The minimum atomic E-state index is 0.0297. The first-order chi connectivity index (χ1) is 33.0. The number of benzene rings is 11. The highest BCUT2D eigenvalue weighted by atomic mass is 32.1. The molecular weight excluding hydrogens is 839 g/mol. The molecule has 0 atom stereocenters. The van der Waals surface area contributed by atoms with Crippen LogP contribution < -0.4 is 0 Å². The van der Waals surface area contributed by atoms with E-state index in [1.807, 2.05) is 11.3 Å². The molecule has 0 bridgehead atoms. The lowest BCUT2D eigenvalue weighted by molar-refractivity contribution is 0.590. The van der Waals surface area contributed by atoms with Crippen LogP contribution in [0.1, 0.15) is 52.7 Å². The molecule has 0 amide bonds. The standard InChI is InChI=1S/C66H51NS/c1-65(2,3)43-30-33-57-54(38-43)55-39-44(66(4,5)6)31-34-58(55)67(57)64-52-26-16-14-24-50(52)63(51-25-15-17-27-53(51)64)42-28-32-45-56-36-41(29-35-59(56)68-60(45)37-42)62-48-22-12-10-20-46(48)61(40-18-8-7-9-19-40)47-21-11-13-23-49(47)62/h7-39H,1-6H3. The van der Waals surface area contributed by atoms with E-state index in [4.69, 9.17) is 0 Å². The average molecular weight is 890 g/mol. The molecule has 11 aromatic carbocycles. The largest absolute Gasteiger partial charge is 0.308 e. The molecule has 2 heterocycles. The van der Waals surface area contributed by atoms with Crippen LogP contribution in [0.15, 0.2) is 200 Å². The Labute approximate surface area is 401 Å². The topological polar surface area (TPSA) is 4.93 Å². The van der Waals surface area contributed by atoms with Gasteiger partial charge in [0.25, 0.3) is 0 Å². The molecule has 0 spiro atoms. The predicted molar refractivity (Wildman–Crippen MR) is 297 cm³/mol. The summed E-state index contributed by atoms with van der Waals surface area (Å²) < 4.78 is 5.16. The van der Waals surface area contributed by atoms with Crippen LogP contribution in [-0.2, 0) is 10.8 Å². The van der Waals surface area contributed by atoms with Gasteiger partial charge in [0.2, 0.25) is 0 Å². The third-order valence-electron chi connectivity index (χ3n) is 14.7. The van der Waals surface area contributed by atoms with E-state index in [1.54, 1.807) is 0 Å². The molecule has 1 nitrogen and oxygen atoms in total. The van der Waals surface area contributed by atoms with E-state index in [-0.39, 0.29) is 10.8 Å². The lowest BCUT2D eigenvalue weighted by Gasteiger charge is -2.21. The predicted octanol–water partition coefficient (Wildman–Crippen LogP) is 19.4. The van der Waals surface area contributed by atoms with Crippen molar-refractivity contribution in [2.75, 3.05) is 0 Å². The van der Waals surface area contributed by atoms with Crippen molar-refractivity contribution in [3.63, 3.8) is 0 Å². The van der Waals surface area contributed by atoms with Gasteiger partial charge in [0.15, 0.2) is 0 Å². The molecule has 2 aromatic heterocycles. The first-order valence-electron chi connectivity index (χ1n) is 24.0. The maximum Gasteiger partial charge on any atom is 0.0619 e. The minimum absolute atomic E-state index is 0.0297. The lowest BCUT2D eigenvalue weighted by atomic mass is 9.85. The van der Waals surface area contributed by atoms with Crippen molar-refractivity contribution >= 4 is 96.4 Å². The Balaban J connectivity index is 1.01. The molecule has 2 heteroatoms. The lowest BCUT2D eigenvalue weighted by Crippen LogP contribution is -2.10. The van der Waals surface area contributed by atoms with Gasteiger partial charge in [0, 0.05) is 41.7 Å². The van der Waals surface area contributed by atoms with Gasteiger partial charge in [-0.2, -0.15) is 0 Å². The Morgan fingerprint density at radius 2 is 0.706 bits per heavy atom. The van der Waals surface area contributed by atoms with Crippen LogP contribution in [0.4, 0.5) is 0 Å². The highest BCUT2D eigenvalue weighted by Crippen LogP contribution is 2.49. The van der Waals surface area contributed by atoms with Crippen molar-refractivity contribution in [1.82, 2.24) is 4.57 Å². The van der Waals surface area contributed by atoms with Crippen molar-refractivity contribution in [1.29, 1.82) is 0 Å². The van der Waals surface area contributed by atoms with E-state index in [1.165, 1.54) is 135 Å². The van der Waals surface area contributed by atoms with Gasteiger partial charge in [-0.3, -0.25) is 0 Å². The summed E-state index contributed by atoms with van der Waals surface area (Å²) in [4.78, 5) is 0. The molecule has 0 N–H and O–H groups in total. The molecule has 0 saturated heterocycles. The smallest absolute Gasteiger partial charge is 0.0619 e. The van der Waals surface area contributed by atoms with Crippen molar-refractivity contribution in [3.8, 4) is 39.1 Å². The van der Waals surface area contributed by atoms with Gasteiger partial charge in [-0.15, -0.1) is 11.3 Å². The number of aromatic nitrogens is 1. The molecule has 0 aliphatic heterocycles. The van der Waals surface area contributed by atoms with E-state index >= 15 is 0 Å². The summed E-state index contributed by atoms with van der Waals surface area (Å²) >= 11 is 1.90. The van der Waals surface area contributed by atoms with E-state index in [9.17, 15) is 0 Å². The molecule has 13 rings (SSSR count). The van der Waals surface area contributed by atoms with E-state index in [0.29, 0.717) is 0 Å². The summed E-state index contributed by atoms with van der Waals surface area (Å²) in [7, 11) is 0. The molecule has 0 unspecified atom stereocenters. The van der Waals surface area contributed by atoms with E-state index < -0.39 is 0 Å². The average Bonchev–Trinajstić information content (AvgIpc) is 3.88. The molecule has 0 fully saturated rings. The fraction of sp³-hybridized carbons (Fsp3) is 0.121. The van der Waals surface area contributed by atoms with E-state index in [2.05, 4.69) is 246 Å². The van der Waals surface area contributed by atoms with Gasteiger partial charge in [0.05, 0.1) is 16.7 Å². The maximum absolute atomic E-state index is 2.56. The van der Waals surface area contributed by atoms with Crippen LogP contribution in [0, 0.1) is 0 Å². The minimum Gasteiger partial charge on any atom is -0.308 e. The SMILES string of the molecule is CC(C)(C)c1ccc2c(c1)c1cc(C(C)(C)C)ccc1n2-c1c2ccccc2c(-c2ccc3c(c2)sc2ccc(-c4c5ccccc5c(-c5ccccc5)c5ccccc45)cc23)c2ccccc12. The van der Waals surface area contributed by atoms with Crippen molar-refractivity contribution in [2.45, 2.75) is 52.4 Å². The van der Waals surface area contributed by atoms with Crippen LogP contribution in [0.2, 0.25) is 0 Å². The quantitative estimate of drug-likeness (QED) is 0.155. The Morgan fingerprint density at radius 3 is 1.19 bits per heavy atom. The molecule has 13 aromatic rings. The van der Waals surface area contributed by atoms with Crippen LogP contribution in [0.5, 0.6) is 0 Å². The van der Waals surface area contributed by atoms with Gasteiger partial charge in [-0.05, 0) is 130 Å². The Morgan fingerprint density at radius 1 is 0.294 bits per heavy atom. The van der Waals surface area contributed by atoms with Crippen molar-refractivity contribution < 1.29 is 0 Å². The number of hydrogen-bond donors (Lipinski definition) is 0. The van der Waals surface area contributed by atoms with Crippen LogP contribution >= 0.6 is 11.3 Å². The molecule has 0 radical (unpaired) electrons. The zero-order valence-corrected chi connectivity index (χ0v) is 40.2. The normalized spacial score (nSPS) is 12.6. The van der Waals surface area contributed by atoms with Gasteiger partial charge in [-0.25, -0.2) is 0 Å². The summed E-state index contributed by atoms with van der Waals surface area (Å²) in [5, 5.41) is 15.3. The van der Waals surface area contributed by atoms with Gasteiger partial charge >= 0.3 is 0 Å². The van der Waals surface area contributed by atoms with E-state index in [0.717, 1.165) is 0 Å². The number of nitrogens with zero attached hydrogens (tertiary/aromatic N) is 1. The van der Waals surface area contributed by atoms with Crippen molar-refractivity contribution in [3.05, 3.63) is 211 Å². The monoisotopic (exact) mass is 889 g/mol. The number of thiophene rings is 1. The van der Waals surface area contributed by atoms with Crippen LogP contribution in [0.3, 0.4) is 0 Å².